The lowest BCUT2D eigenvalue weighted by Gasteiger charge is -2.26. The maximum atomic E-state index is 3.57. The predicted molar refractivity (Wildman–Crippen MR) is 92.7 cm³/mol. The molecule has 0 bridgehead atoms. The molecule has 3 rings (SSSR count). The summed E-state index contributed by atoms with van der Waals surface area (Å²) in [7, 11) is 2.10. The van der Waals surface area contributed by atoms with Gasteiger partial charge in [-0.2, -0.15) is 11.8 Å². The van der Waals surface area contributed by atoms with Crippen LogP contribution in [0.1, 0.15) is 35.6 Å². The largest absolute Gasteiger partial charge is 0.312 e. The second-order valence-electron chi connectivity index (χ2n) is 5.69. The first-order valence-corrected chi connectivity index (χ1v) is 8.84. The van der Waals surface area contributed by atoms with Crippen molar-refractivity contribution in [2.24, 2.45) is 0 Å². The molecule has 0 aromatic heterocycles. The van der Waals surface area contributed by atoms with E-state index in [4.69, 9.17) is 0 Å². The van der Waals surface area contributed by atoms with Crippen molar-refractivity contribution in [2.75, 3.05) is 7.05 Å². The van der Waals surface area contributed by atoms with Crippen LogP contribution in [0.15, 0.2) is 54.6 Å². The van der Waals surface area contributed by atoms with Gasteiger partial charge >= 0.3 is 0 Å². The Morgan fingerprint density at radius 2 is 1.81 bits per heavy atom. The third-order valence-corrected chi connectivity index (χ3v) is 5.75. The first-order chi connectivity index (χ1) is 10.4. The predicted octanol–water partition coefficient (Wildman–Crippen LogP) is 4.59. The van der Waals surface area contributed by atoms with Gasteiger partial charge < -0.3 is 5.32 Å². The van der Waals surface area contributed by atoms with Crippen molar-refractivity contribution in [3.63, 3.8) is 0 Å². The molecule has 0 amide bonds. The number of thioether (sulfide) groups is 1. The molecule has 2 aromatic rings. The van der Waals surface area contributed by atoms with Gasteiger partial charge in [0.25, 0.3) is 0 Å². The number of hydrogen-bond donors (Lipinski definition) is 1. The van der Waals surface area contributed by atoms with Gasteiger partial charge in [0.2, 0.25) is 0 Å². The minimum Gasteiger partial charge on any atom is -0.312 e. The fourth-order valence-corrected chi connectivity index (χ4v) is 4.63. The summed E-state index contributed by atoms with van der Waals surface area (Å²) in [4.78, 5) is 0. The van der Waals surface area contributed by atoms with E-state index in [2.05, 4.69) is 78.7 Å². The standard InChI is InChI=1S/C19H23NS/c1-20-19-17-12-6-5-10-16(17)11-7-13-18(19)21-14-15-8-3-2-4-9-15/h2-6,8-10,12,18-20H,7,11,13-14H2,1H3. The van der Waals surface area contributed by atoms with E-state index in [0.29, 0.717) is 11.3 Å². The molecule has 1 nitrogen and oxygen atoms in total. The number of hydrogen-bond acceptors (Lipinski definition) is 2. The Bertz CT molecular complexity index is 567. The maximum absolute atomic E-state index is 3.57. The van der Waals surface area contributed by atoms with E-state index in [1.807, 2.05) is 0 Å². The Kier molecular flexibility index (Phi) is 5.00. The Balaban J connectivity index is 1.75. The van der Waals surface area contributed by atoms with E-state index in [0.717, 1.165) is 5.75 Å². The van der Waals surface area contributed by atoms with Gasteiger partial charge in [0.15, 0.2) is 0 Å². The topological polar surface area (TPSA) is 12.0 Å². The summed E-state index contributed by atoms with van der Waals surface area (Å²) in [6.45, 7) is 0. The number of benzene rings is 2. The van der Waals surface area contributed by atoms with Gasteiger partial charge in [-0.1, -0.05) is 54.6 Å². The average molecular weight is 297 g/mol. The Hall–Kier alpha value is -1.25. The van der Waals surface area contributed by atoms with E-state index in [1.54, 1.807) is 0 Å². The van der Waals surface area contributed by atoms with Crippen LogP contribution < -0.4 is 5.32 Å². The van der Waals surface area contributed by atoms with E-state index < -0.39 is 0 Å². The molecular weight excluding hydrogens is 274 g/mol. The fraction of sp³-hybridized carbons (Fsp3) is 0.368. The van der Waals surface area contributed by atoms with Crippen LogP contribution >= 0.6 is 11.8 Å². The lowest BCUT2D eigenvalue weighted by Crippen LogP contribution is -2.27. The van der Waals surface area contributed by atoms with Gasteiger partial charge in [-0.15, -0.1) is 0 Å². The van der Waals surface area contributed by atoms with Crippen LogP contribution in [0.2, 0.25) is 0 Å². The van der Waals surface area contributed by atoms with Gasteiger partial charge in [-0.25, -0.2) is 0 Å². The molecule has 1 aliphatic rings. The summed E-state index contributed by atoms with van der Waals surface area (Å²) in [5.41, 5.74) is 4.46. The van der Waals surface area contributed by atoms with Gasteiger partial charge in [0, 0.05) is 17.0 Å². The molecule has 0 fully saturated rings. The van der Waals surface area contributed by atoms with E-state index in [-0.39, 0.29) is 0 Å². The summed E-state index contributed by atoms with van der Waals surface area (Å²) in [6.07, 6.45) is 3.80. The van der Waals surface area contributed by atoms with Crippen LogP contribution in [0.5, 0.6) is 0 Å². The van der Waals surface area contributed by atoms with Crippen molar-refractivity contribution in [1.82, 2.24) is 5.32 Å². The van der Waals surface area contributed by atoms with Crippen molar-refractivity contribution >= 4 is 11.8 Å². The second-order valence-corrected chi connectivity index (χ2v) is 6.92. The molecular formula is C19H23NS. The molecule has 21 heavy (non-hydrogen) atoms. The number of nitrogens with one attached hydrogen (secondary N) is 1. The van der Waals surface area contributed by atoms with E-state index in [9.17, 15) is 0 Å². The molecule has 2 atom stereocenters. The number of fused-ring (bicyclic) bond motifs is 1. The summed E-state index contributed by atoms with van der Waals surface area (Å²) >= 11 is 2.10. The number of rotatable bonds is 4. The maximum Gasteiger partial charge on any atom is 0.0441 e. The van der Waals surface area contributed by atoms with Crippen molar-refractivity contribution in [2.45, 2.75) is 36.3 Å². The number of aryl methyl sites for hydroxylation is 1. The SMILES string of the molecule is CNC1c2ccccc2CCCC1SCc1ccccc1. The first-order valence-electron chi connectivity index (χ1n) is 7.79. The average Bonchev–Trinajstić information content (AvgIpc) is 2.72. The molecule has 2 aromatic carbocycles. The summed E-state index contributed by atoms with van der Waals surface area (Å²) in [5, 5.41) is 4.22. The van der Waals surface area contributed by atoms with Crippen LogP contribution in [-0.4, -0.2) is 12.3 Å². The molecule has 0 heterocycles. The highest BCUT2D eigenvalue weighted by Crippen LogP contribution is 2.36. The molecule has 1 N–H and O–H groups in total. The Labute approximate surface area is 132 Å². The highest BCUT2D eigenvalue weighted by atomic mass is 32.2. The van der Waals surface area contributed by atoms with Gasteiger partial charge in [0.1, 0.15) is 0 Å². The van der Waals surface area contributed by atoms with E-state index in [1.165, 1.54) is 36.0 Å². The molecule has 2 heteroatoms. The van der Waals surface area contributed by atoms with Crippen molar-refractivity contribution in [3.05, 3.63) is 71.3 Å². The van der Waals surface area contributed by atoms with Gasteiger partial charge in [-0.05, 0) is 43.0 Å². The Morgan fingerprint density at radius 3 is 2.62 bits per heavy atom. The third-order valence-electron chi connectivity index (χ3n) is 4.31. The zero-order valence-electron chi connectivity index (χ0n) is 12.6. The van der Waals surface area contributed by atoms with E-state index >= 15 is 0 Å². The van der Waals surface area contributed by atoms with Crippen LogP contribution in [0.25, 0.3) is 0 Å². The quantitative estimate of drug-likeness (QED) is 0.829. The molecule has 2 unspecified atom stereocenters. The molecule has 110 valence electrons. The zero-order chi connectivity index (χ0) is 14.5. The highest BCUT2D eigenvalue weighted by molar-refractivity contribution is 7.99. The normalized spacial score (nSPS) is 21.6. The molecule has 1 aliphatic carbocycles. The second kappa shape index (κ2) is 7.15. The van der Waals surface area contributed by atoms with Crippen molar-refractivity contribution < 1.29 is 0 Å². The minimum absolute atomic E-state index is 0.470. The highest BCUT2D eigenvalue weighted by Gasteiger charge is 2.26. The van der Waals surface area contributed by atoms with Gasteiger partial charge in [0.05, 0.1) is 0 Å². The lowest BCUT2D eigenvalue weighted by atomic mass is 9.99. The van der Waals surface area contributed by atoms with Crippen molar-refractivity contribution in [3.8, 4) is 0 Å². The molecule has 0 saturated heterocycles. The van der Waals surface area contributed by atoms with Crippen LogP contribution in [0.3, 0.4) is 0 Å². The van der Waals surface area contributed by atoms with Crippen LogP contribution in [0.4, 0.5) is 0 Å². The minimum atomic E-state index is 0.470. The summed E-state index contributed by atoms with van der Waals surface area (Å²) < 4.78 is 0. The fourth-order valence-electron chi connectivity index (χ4n) is 3.22. The van der Waals surface area contributed by atoms with Crippen LogP contribution in [0, 0.1) is 0 Å². The summed E-state index contributed by atoms with van der Waals surface area (Å²) in [6, 6.07) is 20.2. The lowest BCUT2D eigenvalue weighted by molar-refractivity contribution is 0.548. The third kappa shape index (κ3) is 3.50. The molecule has 0 aliphatic heterocycles. The smallest absolute Gasteiger partial charge is 0.0441 e. The molecule has 0 saturated carbocycles. The Morgan fingerprint density at radius 1 is 1.05 bits per heavy atom. The molecule has 0 spiro atoms. The summed E-state index contributed by atoms with van der Waals surface area (Å²) in [5.74, 6) is 1.10. The monoisotopic (exact) mass is 297 g/mol. The first kappa shape index (κ1) is 14.7. The zero-order valence-corrected chi connectivity index (χ0v) is 13.4. The van der Waals surface area contributed by atoms with Crippen molar-refractivity contribution in [1.29, 1.82) is 0 Å². The van der Waals surface area contributed by atoms with Crippen LogP contribution in [-0.2, 0) is 12.2 Å². The molecule has 0 radical (unpaired) electrons. The van der Waals surface area contributed by atoms with Gasteiger partial charge in [-0.3, -0.25) is 0 Å².